The number of halogens is 1. The molecule has 2 aromatic carbocycles. The molecule has 0 radical (unpaired) electrons. The van der Waals surface area contributed by atoms with E-state index in [4.69, 9.17) is 0 Å². The van der Waals surface area contributed by atoms with E-state index in [1.165, 1.54) is 17.0 Å². The van der Waals surface area contributed by atoms with Gasteiger partial charge >= 0.3 is 0 Å². The van der Waals surface area contributed by atoms with E-state index in [1.807, 2.05) is 32.0 Å². The van der Waals surface area contributed by atoms with Crippen LogP contribution in [0.1, 0.15) is 29.2 Å². The van der Waals surface area contributed by atoms with Crippen LogP contribution < -0.4 is 0 Å². The van der Waals surface area contributed by atoms with Crippen LogP contribution in [-0.2, 0) is 16.1 Å². The number of carbonyl (C=O) groups is 2. The van der Waals surface area contributed by atoms with Gasteiger partial charge in [0.1, 0.15) is 11.5 Å². The fourth-order valence-corrected chi connectivity index (χ4v) is 4.22. The second kappa shape index (κ2) is 8.63. The second-order valence-corrected chi connectivity index (χ2v) is 8.27. The zero-order valence-electron chi connectivity index (χ0n) is 18.3. The van der Waals surface area contributed by atoms with E-state index in [9.17, 15) is 14.0 Å². The van der Waals surface area contributed by atoms with Crippen molar-refractivity contribution in [1.82, 2.24) is 14.7 Å². The molecule has 0 atom stereocenters. The Morgan fingerprint density at radius 2 is 1.55 bits per heavy atom. The van der Waals surface area contributed by atoms with Crippen molar-refractivity contribution < 1.29 is 14.0 Å². The third-order valence-corrected chi connectivity index (χ3v) is 6.33. The lowest BCUT2D eigenvalue weighted by Crippen LogP contribution is -2.47. The van der Waals surface area contributed by atoms with Crippen molar-refractivity contribution in [3.05, 3.63) is 76.2 Å². The summed E-state index contributed by atoms with van der Waals surface area (Å²) in [6.45, 7) is 10.4. The topological polar surface area (TPSA) is 43.9 Å². The van der Waals surface area contributed by atoms with E-state index in [1.54, 1.807) is 12.1 Å². The smallest absolute Gasteiger partial charge is 0.278 e. The van der Waals surface area contributed by atoms with Gasteiger partial charge < -0.3 is 9.80 Å². The number of imide groups is 1. The predicted molar refractivity (Wildman–Crippen MR) is 118 cm³/mol. The van der Waals surface area contributed by atoms with Gasteiger partial charge in [0.25, 0.3) is 11.8 Å². The van der Waals surface area contributed by atoms with Gasteiger partial charge in [-0.1, -0.05) is 37.3 Å². The predicted octanol–water partition coefficient (Wildman–Crippen LogP) is 3.36. The first-order chi connectivity index (χ1) is 14.9. The Bertz CT molecular complexity index is 1040. The lowest BCUT2D eigenvalue weighted by Gasteiger charge is -2.36. The molecule has 0 unspecified atom stereocenters. The third-order valence-electron chi connectivity index (χ3n) is 6.33. The second-order valence-electron chi connectivity index (χ2n) is 8.27. The SMILES string of the molecule is CCN1CCN(C2=C(c3ccc(C)c(C)c3)C(=O)N(Cc3ccc(F)cc3)C2=O)CC1. The molecule has 0 N–H and O–H groups in total. The summed E-state index contributed by atoms with van der Waals surface area (Å²) >= 11 is 0. The van der Waals surface area contributed by atoms with Crippen molar-refractivity contribution in [3.63, 3.8) is 0 Å². The van der Waals surface area contributed by atoms with Crippen LogP contribution in [0.2, 0.25) is 0 Å². The largest absolute Gasteiger partial charge is 0.364 e. The normalized spacial score (nSPS) is 17.8. The van der Waals surface area contributed by atoms with Crippen molar-refractivity contribution in [2.45, 2.75) is 27.3 Å². The number of aryl methyl sites for hydroxylation is 2. The summed E-state index contributed by atoms with van der Waals surface area (Å²) in [5.41, 5.74) is 4.68. The maximum absolute atomic E-state index is 13.5. The third kappa shape index (κ3) is 4.12. The number of likely N-dealkylation sites (N-methyl/N-ethyl adjacent to an activating group) is 1. The summed E-state index contributed by atoms with van der Waals surface area (Å²) in [4.78, 5) is 32.7. The minimum atomic E-state index is -0.341. The number of nitrogens with zero attached hydrogens (tertiary/aromatic N) is 3. The molecular weight excluding hydrogens is 393 g/mol. The molecule has 1 fully saturated rings. The molecule has 5 nitrogen and oxygen atoms in total. The van der Waals surface area contributed by atoms with Gasteiger partial charge in [0.2, 0.25) is 0 Å². The summed E-state index contributed by atoms with van der Waals surface area (Å²) in [5.74, 6) is -0.899. The summed E-state index contributed by atoms with van der Waals surface area (Å²) < 4.78 is 13.3. The fraction of sp³-hybridized carbons (Fsp3) is 0.360. The van der Waals surface area contributed by atoms with E-state index in [0.717, 1.165) is 41.9 Å². The van der Waals surface area contributed by atoms with Crippen LogP contribution in [0.15, 0.2) is 48.2 Å². The van der Waals surface area contributed by atoms with Crippen molar-refractivity contribution in [2.75, 3.05) is 32.7 Å². The van der Waals surface area contributed by atoms with Crippen LogP contribution in [0.5, 0.6) is 0 Å². The molecular formula is C25H28FN3O2. The van der Waals surface area contributed by atoms with Crippen molar-refractivity contribution in [2.24, 2.45) is 0 Å². The first-order valence-corrected chi connectivity index (χ1v) is 10.8. The molecule has 2 amide bonds. The Hall–Kier alpha value is -2.99. The van der Waals surface area contributed by atoms with E-state index >= 15 is 0 Å². The van der Waals surface area contributed by atoms with Gasteiger partial charge in [0, 0.05) is 26.2 Å². The Morgan fingerprint density at radius 1 is 0.871 bits per heavy atom. The van der Waals surface area contributed by atoms with Crippen molar-refractivity contribution >= 4 is 17.4 Å². The first-order valence-electron chi connectivity index (χ1n) is 10.8. The van der Waals surface area contributed by atoms with Gasteiger partial charge in [-0.05, 0) is 54.8 Å². The highest BCUT2D eigenvalue weighted by Gasteiger charge is 2.42. The van der Waals surface area contributed by atoms with Crippen LogP contribution >= 0.6 is 0 Å². The molecule has 6 heteroatoms. The molecule has 0 aromatic heterocycles. The lowest BCUT2D eigenvalue weighted by atomic mass is 9.99. The van der Waals surface area contributed by atoms with Gasteiger partial charge in [-0.15, -0.1) is 0 Å². The van der Waals surface area contributed by atoms with Crippen LogP contribution in [0.25, 0.3) is 5.57 Å². The summed E-state index contributed by atoms with van der Waals surface area (Å²) in [5, 5.41) is 0. The average Bonchev–Trinajstić information content (AvgIpc) is 3.02. The highest BCUT2D eigenvalue weighted by molar-refractivity contribution is 6.35. The Kier molecular flexibility index (Phi) is 5.92. The highest BCUT2D eigenvalue weighted by Crippen LogP contribution is 2.34. The minimum Gasteiger partial charge on any atom is -0.364 e. The number of piperazine rings is 1. The molecule has 0 saturated carbocycles. The molecule has 31 heavy (non-hydrogen) atoms. The summed E-state index contributed by atoms with van der Waals surface area (Å²) in [7, 11) is 0. The molecule has 2 aromatic rings. The molecule has 0 spiro atoms. The van der Waals surface area contributed by atoms with Crippen LogP contribution in [0.3, 0.4) is 0 Å². The van der Waals surface area contributed by atoms with E-state index in [-0.39, 0.29) is 24.2 Å². The average molecular weight is 422 g/mol. The maximum atomic E-state index is 13.5. The molecule has 0 aliphatic carbocycles. The van der Waals surface area contributed by atoms with E-state index in [0.29, 0.717) is 24.4 Å². The number of amides is 2. The molecule has 162 valence electrons. The Labute approximate surface area is 182 Å². The number of hydrogen-bond donors (Lipinski definition) is 0. The van der Waals surface area contributed by atoms with Gasteiger partial charge in [0.15, 0.2) is 0 Å². The van der Waals surface area contributed by atoms with Gasteiger partial charge in [-0.2, -0.15) is 0 Å². The number of carbonyl (C=O) groups excluding carboxylic acids is 2. The summed E-state index contributed by atoms with van der Waals surface area (Å²) in [6, 6.07) is 11.8. The first kappa shape index (κ1) is 21.2. The Morgan fingerprint density at radius 3 is 2.16 bits per heavy atom. The van der Waals surface area contributed by atoms with Gasteiger partial charge in [0.05, 0.1) is 12.1 Å². The van der Waals surface area contributed by atoms with Gasteiger partial charge in [-0.25, -0.2) is 4.39 Å². The Balaban J connectivity index is 1.71. The molecule has 0 bridgehead atoms. The van der Waals surface area contributed by atoms with Gasteiger partial charge in [-0.3, -0.25) is 14.5 Å². The fourth-order valence-electron chi connectivity index (χ4n) is 4.22. The molecule has 1 saturated heterocycles. The van der Waals surface area contributed by atoms with Crippen molar-refractivity contribution in [1.29, 1.82) is 0 Å². The van der Waals surface area contributed by atoms with E-state index in [2.05, 4.69) is 16.7 Å². The number of hydrogen-bond acceptors (Lipinski definition) is 4. The molecule has 4 rings (SSSR count). The molecule has 2 aliphatic rings. The van der Waals surface area contributed by atoms with Crippen LogP contribution in [0.4, 0.5) is 4.39 Å². The standard InChI is InChI=1S/C25H28FN3O2/c1-4-27-11-13-28(14-12-27)23-22(20-8-5-17(2)18(3)15-20)24(30)29(25(23)31)16-19-6-9-21(26)10-7-19/h5-10,15H,4,11-14,16H2,1-3H3. The zero-order chi connectivity index (χ0) is 22.1. The van der Waals surface area contributed by atoms with Crippen LogP contribution in [0, 0.1) is 19.7 Å². The number of benzene rings is 2. The minimum absolute atomic E-state index is 0.130. The van der Waals surface area contributed by atoms with Crippen LogP contribution in [-0.4, -0.2) is 59.2 Å². The number of rotatable bonds is 5. The quantitative estimate of drug-likeness (QED) is 0.695. The zero-order valence-corrected chi connectivity index (χ0v) is 18.3. The summed E-state index contributed by atoms with van der Waals surface area (Å²) in [6.07, 6.45) is 0. The molecule has 2 heterocycles. The highest BCUT2D eigenvalue weighted by atomic mass is 19.1. The maximum Gasteiger partial charge on any atom is 0.278 e. The molecule has 2 aliphatic heterocycles. The van der Waals surface area contributed by atoms with E-state index < -0.39 is 0 Å². The van der Waals surface area contributed by atoms with Crippen molar-refractivity contribution in [3.8, 4) is 0 Å². The lowest BCUT2D eigenvalue weighted by molar-refractivity contribution is -0.138. The monoisotopic (exact) mass is 421 g/mol.